The van der Waals surface area contributed by atoms with Crippen LogP contribution in [0.15, 0.2) is 66.7 Å². The summed E-state index contributed by atoms with van der Waals surface area (Å²) in [5, 5.41) is 2.87. The molecule has 0 saturated heterocycles. The van der Waals surface area contributed by atoms with Crippen LogP contribution in [-0.4, -0.2) is 19.1 Å². The van der Waals surface area contributed by atoms with Crippen LogP contribution in [0.1, 0.15) is 22.3 Å². The molecule has 0 bridgehead atoms. The molecule has 4 rings (SSSR count). The molecule has 148 valence electrons. The van der Waals surface area contributed by atoms with Crippen molar-refractivity contribution >= 4 is 11.6 Å². The third-order valence-corrected chi connectivity index (χ3v) is 4.44. The summed E-state index contributed by atoms with van der Waals surface area (Å²) in [6.07, 6.45) is 0.815. The Labute approximate surface area is 168 Å². The van der Waals surface area contributed by atoms with Crippen LogP contribution in [0.3, 0.4) is 0 Å². The standard InChI is InChI=1S/C23H20FNO4/c24-17-8-6-16(7-9-17)15-29-20-5-2-1-4-19(20)23(26)25-18-10-11-21-22(14-18)28-13-3-12-27-21/h1-2,4-11,14H,3,12-13,15H2,(H,25,26). The molecule has 0 aromatic heterocycles. The van der Waals surface area contributed by atoms with E-state index in [4.69, 9.17) is 14.2 Å². The zero-order valence-corrected chi connectivity index (χ0v) is 15.7. The van der Waals surface area contributed by atoms with E-state index in [0.29, 0.717) is 41.7 Å². The Morgan fingerprint density at radius 3 is 2.55 bits per heavy atom. The molecule has 3 aromatic carbocycles. The Hall–Kier alpha value is -3.54. The number of fused-ring (bicyclic) bond motifs is 1. The number of halogens is 1. The van der Waals surface area contributed by atoms with Crippen molar-refractivity contribution in [3.8, 4) is 17.2 Å². The van der Waals surface area contributed by atoms with Gasteiger partial charge < -0.3 is 19.5 Å². The van der Waals surface area contributed by atoms with Gasteiger partial charge in [0.2, 0.25) is 0 Å². The molecule has 1 aliphatic rings. The van der Waals surface area contributed by atoms with Crippen LogP contribution in [-0.2, 0) is 6.61 Å². The average Bonchev–Trinajstić information content (AvgIpc) is 2.98. The van der Waals surface area contributed by atoms with E-state index in [1.807, 2.05) is 0 Å². The minimum Gasteiger partial charge on any atom is -0.490 e. The number of hydrogen-bond donors (Lipinski definition) is 1. The molecular formula is C23H20FNO4. The van der Waals surface area contributed by atoms with Crippen molar-refractivity contribution in [2.75, 3.05) is 18.5 Å². The lowest BCUT2D eigenvalue weighted by molar-refractivity contribution is 0.102. The van der Waals surface area contributed by atoms with Crippen LogP contribution in [0.5, 0.6) is 17.2 Å². The predicted octanol–water partition coefficient (Wildman–Crippen LogP) is 4.82. The van der Waals surface area contributed by atoms with Crippen molar-refractivity contribution in [1.82, 2.24) is 0 Å². The fourth-order valence-corrected chi connectivity index (χ4v) is 2.96. The molecule has 0 fully saturated rings. The summed E-state index contributed by atoms with van der Waals surface area (Å²) >= 11 is 0. The maximum Gasteiger partial charge on any atom is 0.259 e. The summed E-state index contributed by atoms with van der Waals surface area (Å²) in [5.74, 6) is 1.13. The van der Waals surface area contributed by atoms with Crippen molar-refractivity contribution in [3.63, 3.8) is 0 Å². The van der Waals surface area contributed by atoms with Gasteiger partial charge in [-0.25, -0.2) is 4.39 Å². The van der Waals surface area contributed by atoms with Crippen molar-refractivity contribution in [2.45, 2.75) is 13.0 Å². The highest BCUT2D eigenvalue weighted by molar-refractivity contribution is 6.06. The fraction of sp³-hybridized carbons (Fsp3) is 0.174. The van der Waals surface area contributed by atoms with E-state index >= 15 is 0 Å². The van der Waals surface area contributed by atoms with E-state index < -0.39 is 0 Å². The second-order valence-electron chi connectivity index (χ2n) is 6.58. The van der Waals surface area contributed by atoms with E-state index in [1.165, 1.54) is 12.1 Å². The molecule has 6 heteroatoms. The van der Waals surface area contributed by atoms with Crippen molar-refractivity contribution < 1.29 is 23.4 Å². The van der Waals surface area contributed by atoms with Gasteiger partial charge >= 0.3 is 0 Å². The smallest absolute Gasteiger partial charge is 0.259 e. The number of hydrogen-bond acceptors (Lipinski definition) is 4. The number of ether oxygens (including phenoxy) is 3. The minimum absolute atomic E-state index is 0.231. The molecule has 3 aromatic rings. The topological polar surface area (TPSA) is 56.8 Å². The van der Waals surface area contributed by atoms with Gasteiger partial charge in [0.05, 0.1) is 18.8 Å². The minimum atomic E-state index is -0.302. The number of rotatable bonds is 5. The van der Waals surface area contributed by atoms with Crippen LogP contribution in [0.25, 0.3) is 0 Å². The maximum absolute atomic E-state index is 13.0. The van der Waals surface area contributed by atoms with Gasteiger partial charge in [-0.1, -0.05) is 24.3 Å². The van der Waals surface area contributed by atoms with Crippen LogP contribution >= 0.6 is 0 Å². The van der Waals surface area contributed by atoms with Gasteiger partial charge in [0.15, 0.2) is 11.5 Å². The Morgan fingerprint density at radius 1 is 0.966 bits per heavy atom. The van der Waals surface area contributed by atoms with E-state index in [9.17, 15) is 9.18 Å². The molecule has 0 saturated carbocycles. The van der Waals surface area contributed by atoms with Crippen LogP contribution < -0.4 is 19.5 Å². The number of nitrogens with one attached hydrogen (secondary N) is 1. The Bertz CT molecular complexity index is 1000. The predicted molar refractivity (Wildman–Crippen MR) is 107 cm³/mol. The van der Waals surface area contributed by atoms with Gasteiger partial charge in [-0.2, -0.15) is 0 Å². The first kappa shape index (κ1) is 18.8. The summed E-state index contributed by atoms with van der Waals surface area (Å²) in [5.41, 5.74) is 1.82. The van der Waals surface area contributed by atoms with Crippen molar-refractivity contribution in [1.29, 1.82) is 0 Å². The van der Waals surface area contributed by atoms with Crippen LogP contribution in [0.2, 0.25) is 0 Å². The van der Waals surface area contributed by atoms with E-state index in [1.54, 1.807) is 54.6 Å². The SMILES string of the molecule is O=C(Nc1ccc2c(c1)OCCCO2)c1ccccc1OCc1ccc(F)cc1. The zero-order chi connectivity index (χ0) is 20.1. The Balaban J connectivity index is 1.47. The van der Waals surface area contributed by atoms with Gasteiger partial charge in [-0.15, -0.1) is 0 Å². The lowest BCUT2D eigenvalue weighted by Gasteiger charge is -2.13. The van der Waals surface area contributed by atoms with Gasteiger partial charge in [0.1, 0.15) is 18.2 Å². The zero-order valence-electron chi connectivity index (χ0n) is 15.7. The molecule has 1 N–H and O–H groups in total. The molecule has 1 amide bonds. The van der Waals surface area contributed by atoms with Gasteiger partial charge in [-0.05, 0) is 42.0 Å². The molecule has 0 spiro atoms. The molecule has 29 heavy (non-hydrogen) atoms. The third-order valence-electron chi connectivity index (χ3n) is 4.44. The summed E-state index contributed by atoms with van der Waals surface area (Å²) in [7, 11) is 0. The Morgan fingerprint density at radius 2 is 1.72 bits per heavy atom. The number of carbonyl (C=O) groups excluding carboxylic acids is 1. The number of benzene rings is 3. The first-order chi connectivity index (χ1) is 14.2. The van der Waals surface area contributed by atoms with E-state index in [0.717, 1.165) is 12.0 Å². The highest BCUT2D eigenvalue weighted by atomic mass is 19.1. The molecule has 0 aliphatic carbocycles. The van der Waals surface area contributed by atoms with Crippen molar-refractivity contribution in [3.05, 3.63) is 83.7 Å². The lowest BCUT2D eigenvalue weighted by atomic mass is 10.1. The van der Waals surface area contributed by atoms with Gasteiger partial charge in [0, 0.05) is 18.2 Å². The number of para-hydroxylation sites is 1. The van der Waals surface area contributed by atoms with Gasteiger partial charge in [-0.3, -0.25) is 4.79 Å². The van der Waals surface area contributed by atoms with Crippen LogP contribution in [0, 0.1) is 5.82 Å². The monoisotopic (exact) mass is 393 g/mol. The van der Waals surface area contributed by atoms with Gasteiger partial charge in [0.25, 0.3) is 5.91 Å². The summed E-state index contributed by atoms with van der Waals surface area (Å²) < 4.78 is 30.1. The maximum atomic E-state index is 13.0. The summed E-state index contributed by atoms with van der Waals surface area (Å²) in [6, 6.07) is 18.3. The lowest BCUT2D eigenvalue weighted by Crippen LogP contribution is -2.13. The summed E-state index contributed by atoms with van der Waals surface area (Å²) in [4.78, 5) is 12.8. The normalized spacial score (nSPS) is 12.7. The molecule has 5 nitrogen and oxygen atoms in total. The van der Waals surface area contributed by atoms with E-state index in [-0.39, 0.29) is 18.3 Å². The highest BCUT2D eigenvalue weighted by Crippen LogP contribution is 2.32. The first-order valence-electron chi connectivity index (χ1n) is 9.36. The number of amides is 1. The summed E-state index contributed by atoms with van der Waals surface area (Å²) in [6.45, 7) is 1.41. The quantitative estimate of drug-likeness (QED) is 0.675. The molecule has 1 heterocycles. The second kappa shape index (κ2) is 8.65. The fourth-order valence-electron chi connectivity index (χ4n) is 2.96. The number of anilines is 1. The molecule has 0 radical (unpaired) electrons. The van der Waals surface area contributed by atoms with Crippen LogP contribution in [0.4, 0.5) is 10.1 Å². The number of carbonyl (C=O) groups is 1. The van der Waals surface area contributed by atoms with Crippen molar-refractivity contribution in [2.24, 2.45) is 0 Å². The highest BCUT2D eigenvalue weighted by Gasteiger charge is 2.15. The van der Waals surface area contributed by atoms with E-state index in [2.05, 4.69) is 5.32 Å². The molecule has 0 atom stereocenters. The molecule has 1 aliphatic heterocycles. The first-order valence-corrected chi connectivity index (χ1v) is 9.36. The molecular weight excluding hydrogens is 373 g/mol. The molecule has 0 unspecified atom stereocenters. The third kappa shape index (κ3) is 4.66. The Kier molecular flexibility index (Phi) is 5.61. The largest absolute Gasteiger partial charge is 0.490 e. The second-order valence-corrected chi connectivity index (χ2v) is 6.58. The average molecular weight is 393 g/mol.